The first-order valence-electron chi connectivity index (χ1n) is 16.7. The molecule has 1 aliphatic carbocycles. The van der Waals surface area contributed by atoms with E-state index in [1.54, 1.807) is 20.8 Å². The first kappa shape index (κ1) is 39.1. The van der Waals surface area contributed by atoms with Gasteiger partial charge in [0.2, 0.25) is 11.8 Å². The summed E-state index contributed by atoms with van der Waals surface area (Å²) in [6, 6.07) is 15.3. The summed E-state index contributed by atoms with van der Waals surface area (Å²) < 4.78 is 44.0. The Kier molecular flexibility index (Phi) is 11.5. The van der Waals surface area contributed by atoms with Crippen molar-refractivity contribution >= 4 is 51.4 Å². The van der Waals surface area contributed by atoms with Crippen LogP contribution < -0.4 is 21.5 Å². The number of nitrogens with one attached hydrogen (secondary N) is 4. The summed E-state index contributed by atoms with van der Waals surface area (Å²) in [7, 11) is -4.83. The third-order valence-electron chi connectivity index (χ3n) is 8.53. The topological polar surface area (TPSA) is 253 Å². The Balaban J connectivity index is 1.25. The highest BCUT2D eigenvalue weighted by Gasteiger charge is 2.40. The van der Waals surface area contributed by atoms with E-state index in [4.69, 9.17) is 9.47 Å². The van der Waals surface area contributed by atoms with E-state index in [0.717, 1.165) is 39.3 Å². The normalized spacial score (nSPS) is 15.6. The standard InChI is InChI=1S/C35H38N6O12S/c1-35(2,3)53-34(46)39-38-30(42)25-15-14-20(17-29(25)41(47)48)36-31(43)28-13-8-16-40(28)32(44)27(19-54(49,50)51)37-33(45)52-18-26-23-11-6-4-9-21(23)22-10-5-7-12-24(22)26/h4-7,9-12,14-15,17,26-28H,8,13,16,18-19H2,1-3H3,(H,36,43)(H,37,45)(H,38,42)(H,39,46)(H,49,50,51)/t27-,28+/m1/s1. The molecule has 0 aromatic heterocycles. The molecule has 1 heterocycles. The van der Waals surface area contributed by atoms with Gasteiger partial charge >= 0.3 is 12.2 Å². The number of hydrazine groups is 1. The van der Waals surface area contributed by atoms with Crippen molar-refractivity contribution in [3.63, 3.8) is 0 Å². The summed E-state index contributed by atoms with van der Waals surface area (Å²) in [5.41, 5.74) is 5.60. The molecule has 2 aliphatic rings. The van der Waals surface area contributed by atoms with E-state index in [0.29, 0.717) is 6.42 Å². The lowest BCUT2D eigenvalue weighted by Crippen LogP contribution is -2.55. The third-order valence-corrected chi connectivity index (χ3v) is 9.29. The van der Waals surface area contributed by atoms with Crippen molar-refractivity contribution in [1.29, 1.82) is 0 Å². The van der Waals surface area contributed by atoms with Crippen LogP contribution >= 0.6 is 0 Å². The molecule has 0 unspecified atom stereocenters. The van der Waals surface area contributed by atoms with Crippen LogP contribution in [-0.2, 0) is 29.2 Å². The summed E-state index contributed by atoms with van der Waals surface area (Å²) in [5, 5.41) is 16.5. The number of nitro benzene ring substituents is 1. The van der Waals surface area contributed by atoms with Gasteiger partial charge in [-0.2, -0.15) is 8.42 Å². The molecule has 1 aliphatic heterocycles. The molecular weight excluding hydrogens is 728 g/mol. The molecule has 5 amide bonds. The van der Waals surface area contributed by atoms with Crippen LogP contribution in [0.15, 0.2) is 66.7 Å². The van der Waals surface area contributed by atoms with E-state index in [1.165, 1.54) is 6.07 Å². The Hall–Kier alpha value is -6.08. The summed E-state index contributed by atoms with van der Waals surface area (Å²) in [4.78, 5) is 76.6. The predicted molar refractivity (Wildman–Crippen MR) is 192 cm³/mol. The number of carbonyl (C=O) groups excluding carboxylic acids is 5. The molecule has 54 heavy (non-hydrogen) atoms. The quantitative estimate of drug-likeness (QED) is 0.113. The number of fused-ring (bicyclic) bond motifs is 3. The maximum atomic E-state index is 13.7. The van der Waals surface area contributed by atoms with Gasteiger partial charge in [0, 0.05) is 24.2 Å². The predicted octanol–water partition coefficient (Wildman–Crippen LogP) is 3.49. The molecule has 2 atom stereocenters. The minimum atomic E-state index is -4.83. The Morgan fingerprint density at radius 1 is 0.963 bits per heavy atom. The van der Waals surface area contributed by atoms with Gasteiger partial charge in [0.1, 0.15) is 35.6 Å². The lowest BCUT2D eigenvalue weighted by Gasteiger charge is -2.28. The Morgan fingerprint density at radius 2 is 1.59 bits per heavy atom. The molecule has 5 rings (SSSR count). The molecular formula is C35H38N6O12S. The van der Waals surface area contributed by atoms with E-state index in [1.807, 2.05) is 59.4 Å². The monoisotopic (exact) mass is 766 g/mol. The van der Waals surface area contributed by atoms with Crippen LogP contribution in [0.2, 0.25) is 0 Å². The largest absolute Gasteiger partial charge is 0.449 e. The van der Waals surface area contributed by atoms with Crippen molar-refractivity contribution in [1.82, 2.24) is 21.1 Å². The highest BCUT2D eigenvalue weighted by Crippen LogP contribution is 2.44. The molecule has 0 saturated carbocycles. The Bertz CT molecular complexity index is 2060. The molecule has 1 fully saturated rings. The van der Waals surface area contributed by atoms with Gasteiger partial charge in [-0.1, -0.05) is 48.5 Å². The van der Waals surface area contributed by atoms with Crippen LogP contribution in [0.25, 0.3) is 11.1 Å². The number of amides is 5. The van der Waals surface area contributed by atoms with Crippen molar-refractivity contribution in [3.8, 4) is 11.1 Å². The summed E-state index contributed by atoms with van der Waals surface area (Å²) in [6.45, 7) is 4.61. The molecule has 19 heteroatoms. The van der Waals surface area contributed by atoms with Crippen LogP contribution in [-0.4, -0.2) is 89.3 Å². The van der Waals surface area contributed by atoms with E-state index >= 15 is 0 Å². The molecule has 0 radical (unpaired) electrons. The van der Waals surface area contributed by atoms with Crippen LogP contribution in [0.1, 0.15) is 61.0 Å². The molecule has 3 aromatic rings. The average Bonchev–Trinajstić information content (AvgIpc) is 3.71. The van der Waals surface area contributed by atoms with Crippen molar-refractivity contribution in [2.45, 2.75) is 57.2 Å². The fourth-order valence-corrected chi connectivity index (χ4v) is 6.97. The molecule has 18 nitrogen and oxygen atoms in total. The van der Waals surface area contributed by atoms with Gasteiger partial charge in [-0.05, 0) is 68.0 Å². The number of nitrogens with zero attached hydrogens (tertiary/aromatic N) is 2. The van der Waals surface area contributed by atoms with Crippen LogP contribution in [0.3, 0.4) is 0 Å². The highest BCUT2D eigenvalue weighted by molar-refractivity contribution is 7.85. The highest BCUT2D eigenvalue weighted by atomic mass is 32.2. The lowest BCUT2D eigenvalue weighted by atomic mass is 9.98. The minimum absolute atomic E-state index is 0.0187. The fourth-order valence-electron chi connectivity index (χ4n) is 6.33. The maximum Gasteiger partial charge on any atom is 0.426 e. The molecule has 5 N–H and O–H groups in total. The van der Waals surface area contributed by atoms with Gasteiger partial charge in [0.05, 0.1) is 4.92 Å². The van der Waals surface area contributed by atoms with E-state index in [2.05, 4.69) is 10.6 Å². The molecule has 0 bridgehead atoms. The van der Waals surface area contributed by atoms with Crippen molar-refractivity contribution in [2.24, 2.45) is 0 Å². The Morgan fingerprint density at radius 3 is 2.19 bits per heavy atom. The van der Waals surface area contributed by atoms with Gasteiger partial charge in [-0.15, -0.1) is 0 Å². The SMILES string of the molecule is CC(C)(C)OC(=O)NNC(=O)c1ccc(NC(=O)[C@@H]2CCCN2C(=O)[C@@H](CS(=O)(=O)O)NC(=O)OCC2c3ccccc3-c3ccccc32)cc1[N+](=O)[O-]. The number of ether oxygens (including phenoxy) is 2. The van der Waals surface area contributed by atoms with E-state index in [9.17, 15) is 47.1 Å². The second kappa shape index (κ2) is 15.9. The van der Waals surface area contributed by atoms with Gasteiger partial charge in [-0.25, -0.2) is 15.0 Å². The van der Waals surface area contributed by atoms with Gasteiger partial charge in [0.15, 0.2) is 0 Å². The number of benzene rings is 3. The van der Waals surface area contributed by atoms with Crippen molar-refractivity contribution in [3.05, 3.63) is 93.5 Å². The zero-order valence-corrected chi connectivity index (χ0v) is 30.2. The Labute approximate surface area is 309 Å². The average molecular weight is 767 g/mol. The molecule has 3 aromatic carbocycles. The first-order chi connectivity index (χ1) is 25.4. The second-order valence-electron chi connectivity index (χ2n) is 13.5. The van der Waals surface area contributed by atoms with Crippen LogP contribution in [0.4, 0.5) is 21.0 Å². The number of likely N-dealkylation sites (tertiary alicyclic amines) is 1. The van der Waals surface area contributed by atoms with Gasteiger partial charge in [0.25, 0.3) is 21.7 Å². The van der Waals surface area contributed by atoms with Crippen LogP contribution in [0, 0.1) is 10.1 Å². The number of hydrogen-bond donors (Lipinski definition) is 5. The van der Waals surface area contributed by atoms with Gasteiger partial charge < -0.3 is 25.0 Å². The number of carbonyl (C=O) groups is 5. The minimum Gasteiger partial charge on any atom is -0.449 e. The van der Waals surface area contributed by atoms with E-state index < -0.39 is 79.6 Å². The fraction of sp³-hybridized carbons (Fsp3) is 0.343. The zero-order chi connectivity index (χ0) is 39.4. The van der Waals surface area contributed by atoms with Gasteiger partial charge in [-0.3, -0.25) is 34.5 Å². The van der Waals surface area contributed by atoms with Crippen molar-refractivity contribution in [2.75, 3.05) is 24.2 Å². The molecule has 1 saturated heterocycles. The smallest absolute Gasteiger partial charge is 0.426 e. The van der Waals surface area contributed by atoms with E-state index in [-0.39, 0.29) is 31.2 Å². The summed E-state index contributed by atoms with van der Waals surface area (Å²) >= 11 is 0. The van der Waals surface area contributed by atoms with Crippen LogP contribution in [0.5, 0.6) is 0 Å². The lowest BCUT2D eigenvalue weighted by molar-refractivity contribution is -0.385. The summed E-state index contributed by atoms with van der Waals surface area (Å²) in [6.07, 6.45) is -1.72. The number of alkyl carbamates (subject to hydrolysis) is 1. The number of anilines is 1. The number of rotatable bonds is 10. The number of hydrogen-bond acceptors (Lipinski definition) is 11. The maximum absolute atomic E-state index is 13.7. The van der Waals surface area contributed by atoms with Crippen molar-refractivity contribution < 1.29 is 51.3 Å². The zero-order valence-electron chi connectivity index (χ0n) is 29.4. The second-order valence-corrected chi connectivity index (χ2v) is 15.0. The molecule has 286 valence electrons. The molecule has 0 spiro atoms. The summed E-state index contributed by atoms with van der Waals surface area (Å²) in [5.74, 6) is -4.38. The number of nitro groups is 1. The first-order valence-corrected chi connectivity index (χ1v) is 18.3. The third kappa shape index (κ3) is 9.47.